The Bertz CT molecular complexity index is 1060. The van der Waals surface area contributed by atoms with Crippen LogP contribution in [0.4, 0.5) is 22.0 Å². The van der Waals surface area contributed by atoms with Crippen LogP contribution in [0.15, 0.2) is 54.6 Å². The molecule has 6 heteroatoms. The van der Waals surface area contributed by atoms with Gasteiger partial charge in [0.25, 0.3) is 0 Å². The highest BCUT2D eigenvalue weighted by Gasteiger charge is 2.34. The van der Waals surface area contributed by atoms with Gasteiger partial charge in [0.05, 0.1) is 12.6 Å². The average Bonchev–Trinajstić information content (AvgIpc) is 2.80. The van der Waals surface area contributed by atoms with Crippen LogP contribution >= 0.6 is 0 Å². The first-order valence-corrected chi connectivity index (χ1v) is 10.6. The molecule has 1 aromatic heterocycles. The first-order chi connectivity index (χ1) is 14.7. The maximum Gasteiger partial charge on any atom is 0.323 e. The number of aromatic nitrogens is 1. The molecule has 0 spiro atoms. The molecule has 3 aromatic rings. The topological polar surface area (TPSA) is 66.5 Å². The van der Waals surface area contributed by atoms with Crippen LogP contribution in [-0.2, 0) is 0 Å². The lowest BCUT2D eigenvalue weighted by molar-refractivity contribution is 0.251. The monoisotopic (exact) mass is 402 g/mol. The highest BCUT2D eigenvalue weighted by Crippen LogP contribution is 2.37. The highest BCUT2D eigenvalue weighted by atomic mass is 16.5. The smallest absolute Gasteiger partial charge is 0.323 e. The van der Waals surface area contributed by atoms with E-state index in [0.717, 1.165) is 40.6 Å². The van der Waals surface area contributed by atoms with Gasteiger partial charge >= 0.3 is 6.03 Å². The Morgan fingerprint density at radius 3 is 2.40 bits per heavy atom. The van der Waals surface area contributed by atoms with Gasteiger partial charge in [0.15, 0.2) is 0 Å². The first-order valence-electron chi connectivity index (χ1n) is 10.6. The number of benzene rings is 2. The summed E-state index contributed by atoms with van der Waals surface area (Å²) in [5, 5.41) is 6.74. The number of hydrogen-bond acceptors (Lipinski definition) is 4. The number of anilines is 3. The number of fused-ring (bicyclic) bond motifs is 4. The van der Waals surface area contributed by atoms with Crippen LogP contribution in [0.3, 0.4) is 0 Å². The van der Waals surface area contributed by atoms with Crippen LogP contribution in [0.5, 0.6) is 5.75 Å². The van der Waals surface area contributed by atoms with Gasteiger partial charge in [-0.25, -0.2) is 9.78 Å². The number of methoxy groups -OCH3 is 1. The largest absolute Gasteiger partial charge is 0.497 e. The van der Waals surface area contributed by atoms with Crippen molar-refractivity contribution < 1.29 is 9.53 Å². The van der Waals surface area contributed by atoms with Crippen molar-refractivity contribution in [3.8, 4) is 5.75 Å². The van der Waals surface area contributed by atoms with Crippen molar-refractivity contribution in [1.82, 2.24) is 4.98 Å². The summed E-state index contributed by atoms with van der Waals surface area (Å²) in [6.45, 7) is 1.13. The summed E-state index contributed by atoms with van der Waals surface area (Å²) < 4.78 is 5.13. The summed E-state index contributed by atoms with van der Waals surface area (Å²) >= 11 is 0. The lowest BCUT2D eigenvalue weighted by Gasteiger charge is -2.46. The zero-order valence-electron chi connectivity index (χ0n) is 17.1. The Balaban J connectivity index is 1.28. The molecule has 3 aliphatic rings. The molecule has 1 saturated carbocycles. The van der Waals surface area contributed by atoms with Crippen molar-refractivity contribution in [2.45, 2.75) is 31.7 Å². The Kier molecular flexibility index (Phi) is 4.91. The molecule has 2 bridgehead atoms. The second-order valence-electron chi connectivity index (χ2n) is 8.21. The second kappa shape index (κ2) is 7.86. The van der Waals surface area contributed by atoms with Gasteiger partial charge in [0.1, 0.15) is 11.6 Å². The number of urea groups is 1. The van der Waals surface area contributed by atoms with Crippen LogP contribution in [0.1, 0.15) is 25.7 Å². The SMILES string of the molecule is COc1ccc(NC(=O)Nc2ccc3nc(N4CC5CCC4CC5)ccc3c2)cc1. The molecule has 6 nitrogen and oxygen atoms in total. The summed E-state index contributed by atoms with van der Waals surface area (Å²) in [7, 11) is 1.61. The molecule has 3 heterocycles. The van der Waals surface area contributed by atoms with E-state index in [-0.39, 0.29) is 6.03 Å². The number of carbonyl (C=O) groups is 1. The third-order valence-electron chi connectivity index (χ3n) is 6.29. The zero-order chi connectivity index (χ0) is 20.5. The zero-order valence-corrected chi connectivity index (χ0v) is 17.1. The number of pyridine rings is 1. The molecule has 154 valence electrons. The lowest BCUT2D eigenvalue weighted by atomic mass is 9.80. The van der Waals surface area contributed by atoms with Gasteiger partial charge in [0, 0.05) is 29.3 Å². The minimum absolute atomic E-state index is 0.284. The predicted octanol–water partition coefficient (Wildman–Crippen LogP) is 5.27. The Morgan fingerprint density at radius 2 is 1.70 bits per heavy atom. The number of nitrogens with one attached hydrogen (secondary N) is 2. The Labute approximate surface area is 176 Å². The number of ether oxygens (including phenoxy) is 1. The first kappa shape index (κ1) is 18.7. The molecule has 30 heavy (non-hydrogen) atoms. The van der Waals surface area contributed by atoms with E-state index >= 15 is 0 Å². The maximum absolute atomic E-state index is 12.3. The summed E-state index contributed by atoms with van der Waals surface area (Å²) in [4.78, 5) is 19.7. The second-order valence-corrected chi connectivity index (χ2v) is 8.21. The average molecular weight is 402 g/mol. The summed E-state index contributed by atoms with van der Waals surface area (Å²) in [5.41, 5.74) is 2.39. The fourth-order valence-corrected chi connectivity index (χ4v) is 4.67. The van der Waals surface area contributed by atoms with E-state index in [9.17, 15) is 4.79 Å². The highest BCUT2D eigenvalue weighted by molar-refractivity contribution is 6.01. The normalized spacial score (nSPS) is 20.2. The van der Waals surface area contributed by atoms with Gasteiger partial charge in [-0.3, -0.25) is 0 Å². The third kappa shape index (κ3) is 3.77. The fourth-order valence-electron chi connectivity index (χ4n) is 4.67. The molecule has 3 fully saturated rings. The standard InChI is InChI=1S/C24H26N4O2/c1-30-21-10-5-18(6-11-21)25-24(29)26-19-7-12-22-17(14-19)4-13-23(27-22)28-15-16-2-8-20(28)9-3-16/h4-7,10-14,16,20H,2-3,8-9,15H2,1H3,(H2,25,26,29). The molecule has 2 aromatic carbocycles. The number of rotatable bonds is 4. The van der Waals surface area contributed by atoms with E-state index in [1.54, 1.807) is 19.2 Å². The minimum atomic E-state index is -0.284. The number of amides is 2. The van der Waals surface area contributed by atoms with E-state index in [4.69, 9.17) is 9.72 Å². The van der Waals surface area contributed by atoms with Crippen LogP contribution in [0.2, 0.25) is 0 Å². The fraction of sp³-hybridized carbons (Fsp3) is 0.333. The van der Waals surface area contributed by atoms with E-state index in [0.29, 0.717) is 11.7 Å². The summed E-state index contributed by atoms with van der Waals surface area (Å²) in [6, 6.07) is 17.6. The predicted molar refractivity (Wildman–Crippen MR) is 120 cm³/mol. The van der Waals surface area contributed by atoms with Gasteiger partial charge in [-0.2, -0.15) is 0 Å². The Morgan fingerprint density at radius 1 is 0.967 bits per heavy atom. The molecule has 2 N–H and O–H groups in total. The molecule has 1 aliphatic carbocycles. The van der Waals surface area contributed by atoms with Gasteiger partial charge in [-0.05, 0) is 86.2 Å². The quantitative estimate of drug-likeness (QED) is 0.624. The van der Waals surface area contributed by atoms with Crippen LogP contribution in [0.25, 0.3) is 10.9 Å². The van der Waals surface area contributed by atoms with Crippen molar-refractivity contribution in [2.75, 3.05) is 29.2 Å². The number of carbonyl (C=O) groups excluding carboxylic acids is 1. The summed E-state index contributed by atoms with van der Waals surface area (Å²) in [5.74, 6) is 2.65. The van der Waals surface area contributed by atoms with Crippen LogP contribution in [-0.4, -0.2) is 30.7 Å². The number of nitrogens with zero attached hydrogens (tertiary/aromatic N) is 2. The van der Waals surface area contributed by atoms with E-state index in [1.807, 2.05) is 30.3 Å². The number of hydrogen-bond donors (Lipinski definition) is 2. The van der Waals surface area contributed by atoms with E-state index in [2.05, 4.69) is 27.7 Å². The van der Waals surface area contributed by atoms with Crippen LogP contribution in [0, 0.1) is 5.92 Å². The van der Waals surface area contributed by atoms with Gasteiger partial charge in [-0.1, -0.05) is 0 Å². The molecular formula is C24H26N4O2. The van der Waals surface area contributed by atoms with Gasteiger partial charge in [0.2, 0.25) is 0 Å². The van der Waals surface area contributed by atoms with Crippen molar-refractivity contribution in [2.24, 2.45) is 5.92 Å². The number of piperidine rings is 2. The molecular weight excluding hydrogens is 376 g/mol. The lowest BCUT2D eigenvalue weighted by Crippen LogP contribution is -2.48. The van der Waals surface area contributed by atoms with Gasteiger partial charge < -0.3 is 20.3 Å². The third-order valence-corrected chi connectivity index (χ3v) is 6.29. The summed E-state index contributed by atoms with van der Waals surface area (Å²) in [6.07, 6.45) is 5.30. The van der Waals surface area contributed by atoms with E-state index < -0.39 is 0 Å². The van der Waals surface area contributed by atoms with E-state index in [1.165, 1.54) is 25.7 Å². The molecule has 2 amide bonds. The minimum Gasteiger partial charge on any atom is -0.497 e. The van der Waals surface area contributed by atoms with Crippen LogP contribution < -0.4 is 20.3 Å². The van der Waals surface area contributed by atoms with Crippen molar-refractivity contribution in [3.63, 3.8) is 0 Å². The Hall–Kier alpha value is -3.28. The molecule has 6 rings (SSSR count). The molecule has 2 saturated heterocycles. The van der Waals surface area contributed by atoms with Gasteiger partial charge in [-0.15, -0.1) is 0 Å². The maximum atomic E-state index is 12.3. The molecule has 2 aliphatic heterocycles. The molecule has 0 unspecified atom stereocenters. The molecule has 0 radical (unpaired) electrons. The van der Waals surface area contributed by atoms with Crippen molar-refractivity contribution in [1.29, 1.82) is 0 Å². The molecule has 0 atom stereocenters. The van der Waals surface area contributed by atoms with Crippen molar-refractivity contribution in [3.05, 3.63) is 54.6 Å². The van der Waals surface area contributed by atoms with Crippen molar-refractivity contribution >= 4 is 34.1 Å².